The van der Waals surface area contributed by atoms with Crippen molar-refractivity contribution in [1.82, 2.24) is 40.6 Å². The lowest BCUT2D eigenvalue weighted by Gasteiger charge is -2.39. The molecule has 428 valence electrons. The van der Waals surface area contributed by atoms with Gasteiger partial charge in [0.1, 0.15) is 6.04 Å². The van der Waals surface area contributed by atoms with Gasteiger partial charge in [-0.1, -0.05) is 103 Å². The molecule has 0 bridgehead atoms. The molecule has 3 aromatic rings. The summed E-state index contributed by atoms with van der Waals surface area (Å²) < 4.78 is 28.9. The minimum absolute atomic E-state index is 0.0459. The average Bonchev–Trinajstić information content (AvgIpc) is 3.91. The molecule has 0 saturated carbocycles. The number of carboxylic acid groups (broad SMARTS) is 1. The number of hydrogen-bond acceptors (Lipinski definition) is 14. The zero-order valence-electron chi connectivity index (χ0n) is 46.3. The van der Waals surface area contributed by atoms with Gasteiger partial charge in [-0.05, 0) is 55.5 Å². The molecule has 1 unspecified atom stereocenters. The number of ether oxygens (including phenoxy) is 5. The summed E-state index contributed by atoms with van der Waals surface area (Å²) in [5.74, 6) is -3.66. The number of aliphatic carboxylic acids is 1. The molecule has 77 heavy (non-hydrogen) atoms. The number of likely N-dealkylation sites (tertiary alicyclic amines) is 1. The highest BCUT2D eigenvalue weighted by atomic mass is 79.9. The predicted molar refractivity (Wildman–Crippen MR) is 300 cm³/mol. The van der Waals surface area contributed by atoms with Crippen LogP contribution in [0.3, 0.4) is 0 Å². The van der Waals surface area contributed by atoms with Crippen molar-refractivity contribution in [3.63, 3.8) is 0 Å². The molecule has 1 saturated heterocycles. The zero-order valence-corrected chi connectivity index (χ0v) is 49.4. The van der Waals surface area contributed by atoms with Crippen LogP contribution >= 0.6 is 31.9 Å². The molecule has 8 atom stereocenters. The molecule has 4 rings (SSSR count). The quantitative estimate of drug-likeness (QED) is 0.0448. The fourth-order valence-corrected chi connectivity index (χ4v) is 10.7. The molecule has 22 heteroatoms. The van der Waals surface area contributed by atoms with E-state index in [0.717, 1.165) is 22.5 Å². The van der Waals surface area contributed by atoms with Crippen LogP contribution in [0.4, 0.5) is 0 Å². The molecular weight excluding hydrogens is 1120 g/mol. The van der Waals surface area contributed by atoms with E-state index >= 15 is 0 Å². The first-order valence-electron chi connectivity index (χ1n) is 26.5. The van der Waals surface area contributed by atoms with E-state index in [2.05, 4.69) is 57.8 Å². The number of fused-ring (bicyclic) bond motifs is 1. The van der Waals surface area contributed by atoms with Crippen LogP contribution < -0.4 is 16.0 Å². The third-order valence-corrected chi connectivity index (χ3v) is 15.3. The van der Waals surface area contributed by atoms with Gasteiger partial charge in [-0.15, -0.1) is 0 Å². The second-order valence-corrected chi connectivity index (χ2v) is 20.9. The monoisotopic (exact) mass is 1200 g/mol. The van der Waals surface area contributed by atoms with Gasteiger partial charge < -0.3 is 54.5 Å². The molecule has 0 spiro atoms. The van der Waals surface area contributed by atoms with Gasteiger partial charge in [-0.3, -0.25) is 28.9 Å². The van der Waals surface area contributed by atoms with Crippen molar-refractivity contribution in [1.29, 1.82) is 0 Å². The Balaban J connectivity index is 1.18. The summed E-state index contributed by atoms with van der Waals surface area (Å²) in [6.45, 7) is 12.6. The van der Waals surface area contributed by atoms with Gasteiger partial charge in [0.05, 0.1) is 111 Å². The molecule has 0 radical (unpaired) electrons. The second-order valence-electron chi connectivity index (χ2n) is 19.8. The average molecular weight is 1210 g/mol. The van der Waals surface area contributed by atoms with E-state index in [9.17, 15) is 33.9 Å². The number of carbonyl (C=O) groups is 6. The summed E-state index contributed by atoms with van der Waals surface area (Å²) in [7, 11) is 6.50. The number of halogens is 2. The maximum atomic E-state index is 14.2. The molecule has 20 nitrogen and oxygen atoms in total. The molecular formula is C55H82Br2N8O12. The van der Waals surface area contributed by atoms with Crippen molar-refractivity contribution in [2.75, 3.05) is 94.1 Å². The molecule has 4 N–H and O–H groups in total. The van der Waals surface area contributed by atoms with Crippen LogP contribution in [-0.4, -0.2) is 196 Å². The summed E-state index contributed by atoms with van der Waals surface area (Å²) in [6.07, 6.45) is 0.609. The fourth-order valence-electron chi connectivity index (χ4n) is 9.79. The Morgan fingerprint density at radius 2 is 1.45 bits per heavy atom. The predicted octanol–water partition coefficient (Wildman–Crippen LogP) is 5.00. The summed E-state index contributed by atoms with van der Waals surface area (Å²) in [4.78, 5) is 94.7. The van der Waals surface area contributed by atoms with Crippen LogP contribution in [0.5, 0.6) is 0 Å². The lowest BCUT2D eigenvalue weighted by atomic mass is 9.90. The Morgan fingerprint density at radius 1 is 0.818 bits per heavy atom. The number of carbonyl (C=O) groups excluding carboxylic acids is 5. The number of hydrogen-bond donors (Lipinski definition) is 4. The highest BCUT2D eigenvalue weighted by molar-refractivity contribution is 9.09. The number of alkyl halides is 2. The van der Waals surface area contributed by atoms with E-state index in [1.807, 2.05) is 57.8 Å². The molecule has 1 aromatic heterocycles. The van der Waals surface area contributed by atoms with Gasteiger partial charge >= 0.3 is 5.97 Å². The highest BCUT2D eigenvalue weighted by Gasteiger charge is 2.42. The van der Waals surface area contributed by atoms with E-state index in [4.69, 9.17) is 23.7 Å². The largest absolute Gasteiger partial charge is 0.480 e. The van der Waals surface area contributed by atoms with Gasteiger partial charge in [0.25, 0.3) is 5.91 Å². The molecule has 2 aromatic carbocycles. The first-order valence-corrected chi connectivity index (χ1v) is 28.7. The van der Waals surface area contributed by atoms with E-state index in [0.29, 0.717) is 100 Å². The van der Waals surface area contributed by atoms with Crippen molar-refractivity contribution < 1.29 is 57.6 Å². The van der Waals surface area contributed by atoms with Crippen LogP contribution in [0, 0.1) is 17.8 Å². The SMILES string of the molecule is CC[C@H](C)[C@@H]([C@@H](CC(=O)N1CCC[C@H]1[C@H](OC)[C@@H](C)C(=O)N[C@@H](Cc1ccccc1)C(=O)O)OC)N(C)C(=O)CNC(=O)C(C(C)C)N(C)CCOCCOCCOCCNC(=O)c1ccc2nc(CBr)c(CBr)nc2c1. The van der Waals surface area contributed by atoms with Crippen molar-refractivity contribution >= 4 is 78.4 Å². The standard InChI is InChI=1S/C55H82Br2N8O12/c1-10-36(4)50(46(73-8)31-47(66)65-21-14-17-45(65)51(74-9)37(5)52(68)62-42(55(71)72)29-38-15-12-11-13-16-38)64(7)48(67)34-59-54(70)49(35(2)3)63(6)22-24-76-26-28-77-27-25-75-23-20-58-53(69)39-18-19-40-41(30-39)61-44(33-57)43(32-56)60-40/h11-13,15-16,18-19,30,35-37,42,45-46,49-51H,10,14,17,20-29,31-34H2,1-9H3,(H,58,69)(H,59,70)(H,62,68)(H,71,72)/t36-,37+,42-,45-,46+,49?,50-,51+/m0/s1. The summed E-state index contributed by atoms with van der Waals surface area (Å²) in [5.41, 5.74) is 4.30. The van der Waals surface area contributed by atoms with E-state index in [-0.39, 0.29) is 54.9 Å². The van der Waals surface area contributed by atoms with Gasteiger partial charge in [0, 0.05) is 63.5 Å². The molecule has 0 aliphatic carbocycles. The molecule has 1 fully saturated rings. The second kappa shape index (κ2) is 33.7. The number of likely N-dealkylation sites (N-methyl/N-ethyl adjacent to an activating group) is 2. The highest BCUT2D eigenvalue weighted by Crippen LogP contribution is 2.30. The number of methoxy groups -OCH3 is 2. The Kier molecular flexibility index (Phi) is 28.4. The van der Waals surface area contributed by atoms with Crippen LogP contribution in [-0.2, 0) is 64.7 Å². The first kappa shape index (κ1) is 64.8. The number of benzene rings is 2. The smallest absolute Gasteiger partial charge is 0.326 e. The van der Waals surface area contributed by atoms with Crippen LogP contribution in [0.15, 0.2) is 48.5 Å². The van der Waals surface area contributed by atoms with Crippen LogP contribution in [0.1, 0.15) is 87.6 Å². The Labute approximate surface area is 471 Å². The summed E-state index contributed by atoms with van der Waals surface area (Å²) in [5, 5.41) is 19.5. The number of nitrogens with zero attached hydrogens (tertiary/aromatic N) is 5. The normalized spacial score (nSPS) is 16.4. The number of carboxylic acids is 1. The minimum atomic E-state index is -1.15. The maximum Gasteiger partial charge on any atom is 0.326 e. The third-order valence-electron chi connectivity index (χ3n) is 14.2. The molecule has 5 amide bonds. The number of amides is 5. The Morgan fingerprint density at radius 3 is 2.05 bits per heavy atom. The van der Waals surface area contributed by atoms with Gasteiger partial charge in [-0.2, -0.15) is 0 Å². The first-order chi connectivity index (χ1) is 36.9. The lowest BCUT2D eigenvalue weighted by molar-refractivity contribution is -0.147. The van der Waals surface area contributed by atoms with E-state index in [1.54, 1.807) is 54.1 Å². The number of aromatic nitrogens is 2. The molecule has 1 aliphatic rings. The van der Waals surface area contributed by atoms with Crippen molar-refractivity contribution in [3.05, 3.63) is 71.0 Å². The van der Waals surface area contributed by atoms with Crippen molar-refractivity contribution in [2.45, 2.75) is 114 Å². The minimum Gasteiger partial charge on any atom is -0.480 e. The van der Waals surface area contributed by atoms with E-state index < -0.39 is 54.2 Å². The van der Waals surface area contributed by atoms with Gasteiger partial charge in [0.2, 0.25) is 23.6 Å². The van der Waals surface area contributed by atoms with Crippen LogP contribution in [0.2, 0.25) is 0 Å². The van der Waals surface area contributed by atoms with Crippen molar-refractivity contribution in [3.8, 4) is 0 Å². The fraction of sp³-hybridized carbons (Fsp3) is 0.636. The summed E-state index contributed by atoms with van der Waals surface area (Å²) in [6, 6.07) is 11.7. The van der Waals surface area contributed by atoms with Crippen LogP contribution in [0.25, 0.3) is 11.0 Å². The third kappa shape index (κ3) is 19.6. The molecule has 2 heterocycles. The van der Waals surface area contributed by atoms with Gasteiger partial charge in [-0.25, -0.2) is 14.8 Å². The van der Waals surface area contributed by atoms with E-state index in [1.165, 1.54) is 14.2 Å². The topological polar surface area (TPSA) is 240 Å². The Hall–Kier alpha value is -4.68. The lowest BCUT2D eigenvalue weighted by Crippen LogP contribution is -2.55. The Bertz CT molecular complexity index is 2350. The van der Waals surface area contributed by atoms with Gasteiger partial charge in [0.15, 0.2) is 0 Å². The zero-order chi connectivity index (χ0) is 56.6. The maximum absolute atomic E-state index is 14.2. The van der Waals surface area contributed by atoms with Crippen molar-refractivity contribution in [2.24, 2.45) is 17.8 Å². The number of rotatable bonds is 35. The summed E-state index contributed by atoms with van der Waals surface area (Å²) >= 11 is 6.89. The molecule has 1 aliphatic heterocycles. The number of nitrogens with one attached hydrogen (secondary N) is 3.